The molecule has 1 aliphatic heterocycles. The van der Waals surface area contributed by atoms with Gasteiger partial charge in [0.25, 0.3) is 0 Å². The quantitative estimate of drug-likeness (QED) is 0.809. The fraction of sp³-hybridized carbons (Fsp3) is 0.857. The van der Waals surface area contributed by atoms with Gasteiger partial charge in [0.05, 0.1) is 0 Å². The van der Waals surface area contributed by atoms with Gasteiger partial charge in [-0.1, -0.05) is 19.8 Å². The van der Waals surface area contributed by atoms with Gasteiger partial charge in [0.15, 0.2) is 0 Å². The molecule has 1 heterocycles. The lowest BCUT2D eigenvalue weighted by Crippen LogP contribution is -2.54. The smallest absolute Gasteiger partial charge is 0.326 e. The number of carbonyl (C=O) groups is 2. The van der Waals surface area contributed by atoms with Crippen LogP contribution in [0.4, 0.5) is 0 Å². The zero-order chi connectivity index (χ0) is 14.0. The molecule has 3 N–H and O–H groups in total. The lowest BCUT2D eigenvalue weighted by atomic mass is 9.88. The van der Waals surface area contributed by atoms with E-state index >= 15 is 0 Å². The van der Waals surface area contributed by atoms with Crippen LogP contribution in [0.3, 0.4) is 0 Å². The van der Waals surface area contributed by atoms with Crippen molar-refractivity contribution in [3.8, 4) is 0 Å². The third-order valence-electron chi connectivity index (χ3n) is 4.61. The number of carbonyl (C=O) groups excluding carboxylic acids is 1. The fourth-order valence-electron chi connectivity index (χ4n) is 3.50. The normalized spacial score (nSPS) is 30.3. The van der Waals surface area contributed by atoms with Crippen LogP contribution in [0.25, 0.3) is 0 Å². The standard InChI is InChI=1S/C14H24N2O3/c1-10-5-4-8-16(12(10)13(18)19)11(17)9-14(15)6-2-3-7-14/h10,12H,2-9,15H2,1H3,(H,18,19). The van der Waals surface area contributed by atoms with Crippen LogP contribution < -0.4 is 5.73 Å². The molecule has 19 heavy (non-hydrogen) atoms. The third-order valence-corrected chi connectivity index (χ3v) is 4.61. The van der Waals surface area contributed by atoms with Gasteiger partial charge in [-0.05, 0) is 31.6 Å². The first-order chi connectivity index (χ1) is 8.93. The maximum absolute atomic E-state index is 12.4. The molecule has 1 aliphatic carbocycles. The molecule has 0 radical (unpaired) electrons. The molecule has 2 atom stereocenters. The summed E-state index contributed by atoms with van der Waals surface area (Å²) in [7, 11) is 0. The lowest BCUT2D eigenvalue weighted by molar-refractivity contribution is -0.155. The van der Waals surface area contributed by atoms with Crippen molar-refractivity contribution in [2.24, 2.45) is 11.7 Å². The van der Waals surface area contributed by atoms with E-state index in [1.807, 2.05) is 6.92 Å². The predicted octanol–water partition coefficient (Wildman–Crippen LogP) is 1.36. The van der Waals surface area contributed by atoms with Crippen molar-refractivity contribution in [3.05, 3.63) is 0 Å². The van der Waals surface area contributed by atoms with Gasteiger partial charge in [-0.3, -0.25) is 4.79 Å². The van der Waals surface area contributed by atoms with E-state index in [4.69, 9.17) is 5.73 Å². The van der Waals surface area contributed by atoms with Gasteiger partial charge >= 0.3 is 5.97 Å². The molecule has 2 rings (SSSR count). The highest BCUT2D eigenvalue weighted by Gasteiger charge is 2.40. The van der Waals surface area contributed by atoms with E-state index in [2.05, 4.69) is 0 Å². The van der Waals surface area contributed by atoms with Crippen LogP contribution in [0.1, 0.15) is 51.9 Å². The van der Waals surface area contributed by atoms with Crippen LogP contribution in [0.5, 0.6) is 0 Å². The molecule has 2 aliphatic rings. The van der Waals surface area contributed by atoms with Crippen molar-refractivity contribution < 1.29 is 14.7 Å². The van der Waals surface area contributed by atoms with E-state index in [1.54, 1.807) is 4.90 Å². The molecular weight excluding hydrogens is 244 g/mol. The number of carboxylic acid groups (broad SMARTS) is 1. The monoisotopic (exact) mass is 268 g/mol. The number of carboxylic acids is 1. The van der Waals surface area contributed by atoms with Gasteiger partial charge in [-0.15, -0.1) is 0 Å². The van der Waals surface area contributed by atoms with E-state index in [0.29, 0.717) is 13.0 Å². The Morgan fingerprint density at radius 3 is 2.53 bits per heavy atom. The Kier molecular flexibility index (Phi) is 4.13. The molecule has 108 valence electrons. The van der Waals surface area contributed by atoms with Crippen molar-refractivity contribution in [1.29, 1.82) is 0 Å². The van der Waals surface area contributed by atoms with Gasteiger partial charge in [0.1, 0.15) is 6.04 Å². The molecule has 1 saturated carbocycles. The molecule has 5 heteroatoms. The number of aliphatic carboxylic acids is 1. The number of rotatable bonds is 3. The molecule has 0 spiro atoms. The van der Waals surface area contributed by atoms with Crippen molar-refractivity contribution in [2.75, 3.05) is 6.54 Å². The Morgan fingerprint density at radius 2 is 1.95 bits per heavy atom. The summed E-state index contributed by atoms with van der Waals surface area (Å²) in [6.07, 6.45) is 5.94. The first kappa shape index (κ1) is 14.3. The lowest BCUT2D eigenvalue weighted by Gasteiger charge is -2.38. The van der Waals surface area contributed by atoms with Crippen LogP contribution in [-0.2, 0) is 9.59 Å². The molecule has 0 aromatic rings. The Hall–Kier alpha value is -1.10. The van der Waals surface area contributed by atoms with Gasteiger partial charge in [-0.2, -0.15) is 0 Å². The summed E-state index contributed by atoms with van der Waals surface area (Å²) in [5, 5.41) is 9.33. The van der Waals surface area contributed by atoms with Crippen molar-refractivity contribution in [2.45, 2.75) is 63.5 Å². The summed E-state index contributed by atoms with van der Waals surface area (Å²) in [4.78, 5) is 25.3. The van der Waals surface area contributed by atoms with Gasteiger partial charge in [-0.25, -0.2) is 4.79 Å². The highest BCUT2D eigenvalue weighted by Crippen LogP contribution is 2.32. The van der Waals surface area contributed by atoms with E-state index in [-0.39, 0.29) is 11.8 Å². The Labute approximate surface area is 114 Å². The van der Waals surface area contributed by atoms with Crippen LogP contribution >= 0.6 is 0 Å². The maximum Gasteiger partial charge on any atom is 0.326 e. The SMILES string of the molecule is CC1CCCN(C(=O)CC2(N)CCCC2)C1C(=O)O. The Balaban J connectivity index is 2.05. The summed E-state index contributed by atoms with van der Waals surface area (Å²) < 4.78 is 0. The second-order valence-corrected chi connectivity index (χ2v) is 6.24. The summed E-state index contributed by atoms with van der Waals surface area (Å²) in [5.41, 5.74) is 5.83. The zero-order valence-electron chi connectivity index (χ0n) is 11.6. The number of amides is 1. The van der Waals surface area contributed by atoms with Crippen molar-refractivity contribution in [3.63, 3.8) is 0 Å². The van der Waals surface area contributed by atoms with E-state index < -0.39 is 17.6 Å². The highest BCUT2D eigenvalue weighted by atomic mass is 16.4. The molecule has 1 saturated heterocycles. The number of likely N-dealkylation sites (tertiary alicyclic amines) is 1. The summed E-state index contributed by atoms with van der Waals surface area (Å²) in [6, 6.07) is -0.675. The number of hydrogen-bond acceptors (Lipinski definition) is 3. The van der Waals surface area contributed by atoms with E-state index in [1.165, 1.54) is 0 Å². The minimum absolute atomic E-state index is 0.0208. The molecule has 5 nitrogen and oxygen atoms in total. The summed E-state index contributed by atoms with van der Waals surface area (Å²) >= 11 is 0. The largest absolute Gasteiger partial charge is 0.480 e. The Morgan fingerprint density at radius 1 is 1.32 bits per heavy atom. The maximum atomic E-state index is 12.4. The zero-order valence-corrected chi connectivity index (χ0v) is 11.6. The average Bonchev–Trinajstić information content (AvgIpc) is 2.74. The number of nitrogens with two attached hydrogens (primary N) is 1. The van der Waals surface area contributed by atoms with Crippen LogP contribution in [0.2, 0.25) is 0 Å². The summed E-state index contributed by atoms with van der Waals surface area (Å²) in [6.45, 7) is 2.46. The first-order valence-electron chi connectivity index (χ1n) is 7.24. The van der Waals surface area contributed by atoms with E-state index in [0.717, 1.165) is 38.5 Å². The minimum atomic E-state index is -0.891. The predicted molar refractivity (Wildman–Crippen MR) is 71.5 cm³/mol. The van der Waals surface area contributed by atoms with Crippen LogP contribution in [0, 0.1) is 5.92 Å². The second kappa shape index (κ2) is 5.49. The van der Waals surface area contributed by atoms with Crippen molar-refractivity contribution >= 4 is 11.9 Å². The molecule has 1 amide bonds. The van der Waals surface area contributed by atoms with Gasteiger partial charge < -0.3 is 15.7 Å². The third kappa shape index (κ3) is 3.08. The second-order valence-electron chi connectivity index (χ2n) is 6.24. The van der Waals surface area contributed by atoms with Crippen molar-refractivity contribution in [1.82, 2.24) is 4.90 Å². The van der Waals surface area contributed by atoms with Gasteiger partial charge in [0, 0.05) is 18.5 Å². The molecular formula is C14H24N2O3. The molecule has 0 aromatic heterocycles. The highest BCUT2D eigenvalue weighted by molar-refractivity contribution is 5.84. The number of piperidine rings is 1. The molecule has 2 fully saturated rings. The average molecular weight is 268 g/mol. The number of hydrogen-bond donors (Lipinski definition) is 2. The molecule has 0 bridgehead atoms. The Bertz CT molecular complexity index is 364. The fourth-order valence-corrected chi connectivity index (χ4v) is 3.50. The first-order valence-corrected chi connectivity index (χ1v) is 7.24. The van der Waals surface area contributed by atoms with E-state index in [9.17, 15) is 14.7 Å². The summed E-state index contributed by atoms with van der Waals surface area (Å²) in [5.74, 6) is -0.950. The topological polar surface area (TPSA) is 83.6 Å². The molecule has 2 unspecified atom stereocenters. The van der Waals surface area contributed by atoms with Gasteiger partial charge in [0.2, 0.25) is 5.91 Å². The molecule has 0 aromatic carbocycles. The minimum Gasteiger partial charge on any atom is -0.480 e. The van der Waals surface area contributed by atoms with Crippen LogP contribution in [0.15, 0.2) is 0 Å². The number of nitrogens with zero attached hydrogens (tertiary/aromatic N) is 1. The van der Waals surface area contributed by atoms with Crippen LogP contribution in [-0.4, -0.2) is 40.0 Å².